The first kappa shape index (κ1) is 9.89. The van der Waals surface area contributed by atoms with Crippen LogP contribution in [0.15, 0.2) is 12.3 Å². The van der Waals surface area contributed by atoms with Gasteiger partial charge in [0.25, 0.3) is 5.82 Å². The highest BCUT2D eigenvalue weighted by atomic mass is 16.5. The molecule has 5 heteroatoms. The summed E-state index contributed by atoms with van der Waals surface area (Å²) < 4.78 is 0.600. The minimum absolute atomic E-state index is 0.199. The molecule has 15 heavy (non-hydrogen) atoms. The summed E-state index contributed by atoms with van der Waals surface area (Å²) in [5, 5.41) is 11.2. The van der Waals surface area contributed by atoms with E-state index in [0.717, 1.165) is 18.8 Å². The lowest BCUT2D eigenvalue weighted by atomic mass is 10.1. The van der Waals surface area contributed by atoms with Crippen molar-refractivity contribution in [2.45, 2.75) is 19.3 Å². The molecule has 1 aliphatic heterocycles. The second kappa shape index (κ2) is 3.84. The fourth-order valence-corrected chi connectivity index (χ4v) is 1.96. The molecule has 1 fully saturated rings. The molecule has 0 amide bonds. The topological polar surface area (TPSA) is 82.2 Å². The molecule has 0 bridgehead atoms. The fourth-order valence-electron chi connectivity index (χ4n) is 1.96. The SMILES string of the molecule is Nc1c[n+]([O-])c(N)cc1N1CCCCC1. The summed E-state index contributed by atoms with van der Waals surface area (Å²) in [4.78, 5) is 2.19. The zero-order chi connectivity index (χ0) is 10.8. The lowest BCUT2D eigenvalue weighted by Gasteiger charge is -2.29. The second-order valence-electron chi connectivity index (χ2n) is 3.91. The highest BCUT2D eigenvalue weighted by Gasteiger charge is 2.15. The van der Waals surface area contributed by atoms with Crippen molar-refractivity contribution in [1.82, 2.24) is 0 Å². The van der Waals surface area contributed by atoms with Crippen molar-refractivity contribution in [1.29, 1.82) is 0 Å². The van der Waals surface area contributed by atoms with Crippen molar-refractivity contribution >= 4 is 17.2 Å². The Balaban J connectivity index is 2.30. The van der Waals surface area contributed by atoms with Gasteiger partial charge in [0.2, 0.25) is 0 Å². The van der Waals surface area contributed by atoms with E-state index in [1.807, 2.05) is 0 Å². The molecule has 0 aliphatic carbocycles. The van der Waals surface area contributed by atoms with E-state index in [-0.39, 0.29) is 5.82 Å². The summed E-state index contributed by atoms with van der Waals surface area (Å²) in [6.07, 6.45) is 4.94. The largest absolute Gasteiger partial charge is 0.711 e. The molecule has 4 N–H and O–H groups in total. The normalized spacial score (nSPS) is 16.7. The van der Waals surface area contributed by atoms with Crippen LogP contribution in [0, 0.1) is 5.21 Å². The Bertz CT molecular complexity index is 361. The summed E-state index contributed by atoms with van der Waals surface area (Å²) in [5.74, 6) is 0.199. The van der Waals surface area contributed by atoms with Crippen molar-refractivity contribution < 1.29 is 4.73 Å². The smallest absolute Gasteiger partial charge is 0.277 e. The van der Waals surface area contributed by atoms with Gasteiger partial charge in [0.05, 0.1) is 17.4 Å². The number of rotatable bonds is 1. The predicted octanol–water partition coefficient (Wildman–Crippen LogP) is 0.475. The van der Waals surface area contributed by atoms with Crippen molar-refractivity contribution in [2.75, 3.05) is 29.5 Å². The molecule has 0 saturated carbocycles. The maximum absolute atomic E-state index is 11.2. The third kappa shape index (κ3) is 1.91. The quantitative estimate of drug-likeness (QED) is 0.519. The number of hydrogen-bond acceptors (Lipinski definition) is 4. The molecule has 0 radical (unpaired) electrons. The molecule has 1 aromatic heterocycles. The predicted molar refractivity (Wildman–Crippen MR) is 60.3 cm³/mol. The molecular weight excluding hydrogens is 192 g/mol. The number of anilines is 3. The Kier molecular flexibility index (Phi) is 2.53. The summed E-state index contributed by atoms with van der Waals surface area (Å²) >= 11 is 0. The molecule has 0 spiro atoms. The van der Waals surface area contributed by atoms with Gasteiger partial charge in [0.1, 0.15) is 6.20 Å². The molecule has 1 saturated heterocycles. The van der Waals surface area contributed by atoms with E-state index in [4.69, 9.17) is 11.5 Å². The fraction of sp³-hybridized carbons (Fsp3) is 0.500. The molecule has 5 nitrogen and oxygen atoms in total. The molecular formula is C10H16N4O. The van der Waals surface area contributed by atoms with Gasteiger partial charge < -0.3 is 15.8 Å². The highest BCUT2D eigenvalue weighted by Crippen LogP contribution is 2.26. The van der Waals surface area contributed by atoms with Gasteiger partial charge in [-0.25, -0.2) is 4.73 Å². The first-order chi connectivity index (χ1) is 7.18. The van der Waals surface area contributed by atoms with Gasteiger partial charge in [-0.1, -0.05) is 0 Å². The van der Waals surface area contributed by atoms with E-state index in [0.29, 0.717) is 10.4 Å². The Hall–Kier alpha value is -1.65. The van der Waals surface area contributed by atoms with Crippen LogP contribution in [0.4, 0.5) is 17.2 Å². The van der Waals surface area contributed by atoms with E-state index >= 15 is 0 Å². The van der Waals surface area contributed by atoms with Crippen LogP contribution < -0.4 is 21.1 Å². The first-order valence-electron chi connectivity index (χ1n) is 5.21. The lowest BCUT2D eigenvalue weighted by Crippen LogP contribution is -2.34. The Labute approximate surface area is 88.9 Å². The molecule has 0 unspecified atom stereocenters. The first-order valence-corrected chi connectivity index (χ1v) is 5.21. The zero-order valence-corrected chi connectivity index (χ0v) is 8.65. The number of hydrogen-bond donors (Lipinski definition) is 2. The monoisotopic (exact) mass is 208 g/mol. The van der Waals surface area contributed by atoms with E-state index in [1.165, 1.54) is 25.5 Å². The highest BCUT2D eigenvalue weighted by molar-refractivity contribution is 5.68. The lowest BCUT2D eigenvalue weighted by molar-refractivity contribution is -0.589. The van der Waals surface area contributed by atoms with Gasteiger partial charge in [0.15, 0.2) is 0 Å². The number of nitrogens with zero attached hydrogens (tertiary/aromatic N) is 2. The zero-order valence-electron chi connectivity index (χ0n) is 8.65. The van der Waals surface area contributed by atoms with Crippen molar-refractivity contribution in [3.05, 3.63) is 17.5 Å². The third-order valence-corrected chi connectivity index (χ3v) is 2.79. The maximum Gasteiger partial charge on any atom is 0.277 e. The standard InChI is InChI=1S/C10H16N4O/c11-8-7-14(15)10(12)6-9(8)13-4-2-1-3-5-13/h6-7H,1-5,11-12H2. The molecule has 1 aromatic rings. The molecule has 2 heterocycles. The van der Waals surface area contributed by atoms with E-state index in [9.17, 15) is 5.21 Å². The number of nitrogen functional groups attached to an aromatic ring is 2. The van der Waals surface area contributed by atoms with Crippen LogP contribution in [0.2, 0.25) is 0 Å². The van der Waals surface area contributed by atoms with E-state index < -0.39 is 0 Å². The Morgan fingerprint density at radius 3 is 2.53 bits per heavy atom. The van der Waals surface area contributed by atoms with Gasteiger partial charge >= 0.3 is 0 Å². The van der Waals surface area contributed by atoms with Crippen LogP contribution in [-0.2, 0) is 0 Å². The van der Waals surface area contributed by atoms with E-state index in [1.54, 1.807) is 6.07 Å². The molecule has 0 atom stereocenters. The molecule has 2 rings (SSSR count). The van der Waals surface area contributed by atoms with Crippen LogP contribution in [0.3, 0.4) is 0 Å². The number of pyridine rings is 1. The van der Waals surface area contributed by atoms with Crippen LogP contribution in [-0.4, -0.2) is 13.1 Å². The van der Waals surface area contributed by atoms with Crippen molar-refractivity contribution in [3.8, 4) is 0 Å². The van der Waals surface area contributed by atoms with Gasteiger partial charge in [-0.05, 0) is 19.3 Å². The molecule has 82 valence electrons. The van der Waals surface area contributed by atoms with Crippen LogP contribution in [0.1, 0.15) is 19.3 Å². The van der Waals surface area contributed by atoms with Crippen molar-refractivity contribution in [3.63, 3.8) is 0 Å². The van der Waals surface area contributed by atoms with Gasteiger partial charge in [-0.15, -0.1) is 0 Å². The van der Waals surface area contributed by atoms with Crippen LogP contribution >= 0.6 is 0 Å². The number of piperidine rings is 1. The van der Waals surface area contributed by atoms with Crippen LogP contribution in [0.5, 0.6) is 0 Å². The molecule has 1 aliphatic rings. The third-order valence-electron chi connectivity index (χ3n) is 2.79. The summed E-state index contributed by atoms with van der Waals surface area (Å²) in [6.45, 7) is 1.99. The molecule has 0 aromatic carbocycles. The minimum Gasteiger partial charge on any atom is -0.711 e. The Morgan fingerprint density at radius 2 is 1.87 bits per heavy atom. The van der Waals surface area contributed by atoms with Crippen molar-refractivity contribution in [2.24, 2.45) is 0 Å². The van der Waals surface area contributed by atoms with Gasteiger partial charge in [-0.3, -0.25) is 5.73 Å². The number of nitrogens with two attached hydrogens (primary N) is 2. The van der Waals surface area contributed by atoms with Crippen LogP contribution in [0.25, 0.3) is 0 Å². The summed E-state index contributed by atoms with van der Waals surface area (Å²) in [6, 6.07) is 1.66. The van der Waals surface area contributed by atoms with Gasteiger partial charge in [-0.2, -0.15) is 0 Å². The number of aromatic nitrogens is 1. The van der Waals surface area contributed by atoms with E-state index in [2.05, 4.69) is 4.90 Å². The average molecular weight is 208 g/mol. The summed E-state index contributed by atoms with van der Waals surface area (Å²) in [7, 11) is 0. The second-order valence-corrected chi connectivity index (χ2v) is 3.91. The summed E-state index contributed by atoms with van der Waals surface area (Å²) in [5.41, 5.74) is 12.8. The average Bonchev–Trinajstić information content (AvgIpc) is 2.25. The van der Waals surface area contributed by atoms with Gasteiger partial charge in [0, 0.05) is 13.1 Å². The maximum atomic E-state index is 11.2. The Morgan fingerprint density at radius 1 is 1.20 bits per heavy atom. The minimum atomic E-state index is 0.199.